The van der Waals surface area contributed by atoms with Crippen LogP contribution in [0.5, 0.6) is 11.5 Å². The molecule has 2 aromatic rings. The highest BCUT2D eigenvalue weighted by Gasteiger charge is 2.26. The Kier molecular flexibility index (Phi) is 6.04. The molecule has 0 saturated carbocycles. The third kappa shape index (κ3) is 5.05. The Morgan fingerprint density at radius 3 is 2.60 bits per heavy atom. The maximum absolute atomic E-state index is 12.3. The number of nitrogens with one attached hydrogen (secondary N) is 1. The molecule has 25 heavy (non-hydrogen) atoms. The molecule has 0 spiro atoms. The summed E-state index contributed by atoms with van der Waals surface area (Å²) in [6.45, 7) is 1.80. The minimum absolute atomic E-state index is 0.110. The van der Waals surface area contributed by atoms with Crippen molar-refractivity contribution in [3.8, 4) is 11.5 Å². The van der Waals surface area contributed by atoms with Crippen LogP contribution in [-0.2, 0) is 16.1 Å². The fourth-order valence-corrected chi connectivity index (χ4v) is 2.94. The van der Waals surface area contributed by atoms with E-state index >= 15 is 0 Å². The smallest absolute Gasteiger partial charge is 0.237 e. The molecule has 1 unspecified atom stereocenters. The average Bonchev–Trinajstić information content (AvgIpc) is 2.67. The van der Waals surface area contributed by atoms with E-state index in [0.29, 0.717) is 19.8 Å². The summed E-state index contributed by atoms with van der Waals surface area (Å²) in [6, 6.07) is 16.8. The van der Waals surface area contributed by atoms with Crippen LogP contribution in [-0.4, -0.2) is 25.2 Å². The van der Waals surface area contributed by atoms with E-state index in [-0.39, 0.29) is 11.8 Å². The number of nitrogens with two attached hydrogens (primary N) is 1. The molecule has 3 N–H and O–H groups in total. The second-order valence-corrected chi connectivity index (χ2v) is 6.26. The van der Waals surface area contributed by atoms with Gasteiger partial charge in [-0.1, -0.05) is 30.3 Å². The lowest BCUT2D eigenvalue weighted by Gasteiger charge is -2.26. The maximum Gasteiger partial charge on any atom is 0.237 e. The van der Waals surface area contributed by atoms with Gasteiger partial charge in [0.2, 0.25) is 5.91 Å². The molecule has 0 bridgehead atoms. The fourth-order valence-electron chi connectivity index (χ4n) is 2.94. The van der Waals surface area contributed by atoms with Crippen LogP contribution in [0.3, 0.4) is 0 Å². The summed E-state index contributed by atoms with van der Waals surface area (Å²) in [7, 11) is 0. The molecule has 3 rings (SSSR count). The predicted molar refractivity (Wildman–Crippen MR) is 96.3 cm³/mol. The zero-order valence-corrected chi connectivity index (χ0v) is 14.2. The van der Waals surface area contributed by atoms with Crippen LogP contribution >= 0.6 is 0 Å². The first kappa shape index (κ1) is 17.5. The number of benzene rings is 2. The van der Waals surface area contributed by atoms with Crippen LogP contribution in [0.25, 0.3) is 0 Å². The van der Waals surface area contributed by atoms with Gasteiger partial charge >= 0.3 is 0 Å². The van der Waals surface area contributed by atoms with E-state index < -0.39 is 6.04 Å². The lowest BCUT2D eigenvalue weighted by molar-refractivity contribution is -0.124. The van der Waals surface area contributed by atoms with Gasteiger partial charge in [0.05, 0.1) is 6.04 Å². The highest BCUT2D eigenvalue weighted by atomic mass is 16.5. The van der Waals surface area contributed by atoms with Crippen molar-refractivity contribution in [2.45, 2.75) is 25.4 Å². The predicted octanol–water partition coefficient (Wildman–Crippen LogP) is 2.85. The zero-order valence-electron chi connectivity index (χ0n) is 14.2. The first-order valence-corrected chi connectivity index (χ1v) is 8.65. The molecule has 2 aromatic carbocycles. The summed E-state index contributed by atoms with van der Waals surface area (Å²) in [4.78, 5) is 12.3. The van der Waals surface area contributed by atoms with Gasteiger partial charge < -0.3 is 20.5 Å². The minimum Gasteiger partial charge on any atom is -0.457 e. The van der Waals surface area contributed by atoms with E-state index in [4.69, 9.17) is 15.2 Å². The van der Waals surface area contributed by atoms with Crippen LogP contribution < -0.4 is 15.8 Å². The van der Waals surface area contributed by atoms with E-state index in [1.807, 2.05) is 54.6 Å². The van der Waals surface area contributed by atoms with Crippen molar-refractivity contribution < 1.29 is 14.3 Å². The molecule has 1 heterocycles. The topological polar surface area (TPSA) is 73.6 Å². The summed E-state index contributed by atoms with van der Waals surface area (Å²) in [5.74, 6) is 1.61. The Labute approximate surface area is 148 Å². The molecule has 1 fully saturated rings. The Hall–Kier alpha value is -2.37. The second-order valence-electron chi connectivity index (χ2n) is 6.26. The number of hydrogen-bond acceptors (Lipinski definition) is 4. The van der Waals surface area contributed by atoms with Crippen LogP contribution in [0.15, 0.2) is 54.6 Å². The number of rotatable bonds is 6. The van der Waals surface area contributed by atoms with Gasteiger partial charge in [0.1, 0.15) is 11.5 Å². The Balaban J connectivity index is 1.54. The summed E-state index contributed by atoms with van der Waals surface area (Å²) >= 11 is 0. The largest absolute Gasteiger partial charge is 0.457 e. The van der Waals surface area contributed by atoms with Crippen molar-refractivity contribution in [1.29, 1.82) is 0 Å². The van der Waals surface area contributed by atoms with Crippen molar-refractivity contribution in [3.05, 3.63) is 60.2 Å². The lowest BCUT2D eigenvalue weighted by atomic mass is 9.92. The molecular formula is C20H24N2O3. The molecule has 1 aliphatic heterocycles. The van der Waals surface area contributed by atoms with Gasteiger partial charge in [0.15, 0.2) is 0 Å². The molecule has 1 atom stereocenters. The van der Waals surface area contributed by atoms with Crippen molar-refractivity contribution in [2.24, 2.45) is 11.7 Å². The summed E-state index contributed by atoms with van der Waals surface area (Å²) in [6.07, 6.45) is 1.68. The average molecular weight is 340 g/mol. The van der Waals surface area contributed by atoms with Crippen molar-refractivity contribution in [3.63, 3.8) is 0 Å². The van der Waals surface area contributed by atoms with Crippen molar-refractivity contribution >= 4 is 5.91 Å². The van der Waals surface area contributed by atoms with Crippen LogP contribution in [0.1, 0.15) is 18.4 Å². The summed E-state index contributed by atoms with van der Waals surface area (Å²) in [5.41, 5.74) is 7.07. The standard InChI is InChI=1S/C20H24N2O3/c21-19(16-9-11-24-12-10-16)20(23)22-14-15-5-4-8-18(13-15)25-17-6-2-1-3-7-17/h1-8,13,16,19H,9-12,14,21H2,(H,22,23). The lowest BCUT2D eigenvalue weighted by Crippen LogP contribution is -2.46. The monoisotopic (exact) mass is 340 g/mol. The van der Waals surface area contributed by atoms with Gasteiger partial charge in [0.25, 0.3) is 0 Å². The number of carbonyl (C=O) groups excluding carboxylic acids is 1. The normalized spacial score (nSPS) is 16.2. The van der Waals surface area contributed by atoms with Crippen LogP contribution in [0.4, 0.5) is 0 Å². The number of para-hydroxylation sites is 1. The Morgan fingerprint density at radius 1 is 1.12 bits per heavy atom. The van der Waals surface area contributed by atoms with Crippen LogP contribution in [0, 0.1) is 5.92 Å². The Bertz CT molecular complexity index is 684. The Morgan fingerprint density at radius 2 is 1.84 bits per heavy atom. The molecular weight excluding hydrogens is 316 g/mol. The van der Waals surface area contributed by atoms with Crippen molar-refractivity contribution in [2.75, 3.05) is 13.2 Å². The van der Waals surface area contributed by atoms with Crippen molar-refractivity contribution in [1.82, 2.24) is 5.32 Å². The molecule has 1 amide bonds. The molecule has 0 aromatic heterocycles. The SMILES string of the molecule is NC(C(=O)NCc1cccc(Oc2ccccc2)c1)C1CCOCC1. The quantitative estimate of drug-likeness (QED) is 0.848. The molecule has 1 aliphatic rings. The first-order chi connectivity index (χ1) is 12.2. The van der Waals surface area contributed by atoms with Gasteiger partial charge in [-0.3, -0.25) is 4.79 Å². The highest BCUT2D eigenvalue weighted by Crippen LogP contribution is 2.22. The van der Waals surface area contributed by atoms with Gasteiger partial charge in [-0.25, -0.2) is 0 Å². The molecule has 1 saturated heterocycles. The zero-order chi connectivity index (χ0) is 17.5. The van der Waals surface area contributed by atoms with E-state index in [1.165, 1.54) is 0 Å². The van der Waals surface area contributed by atoms with Gasteiger partial charge in [-0.05, 0) is 48.6 Å². The van der Waals surface area contributed by atoms with Gasteiger partial charge in [0, 0.05) is 19.8 Å². The number of hydrogen-bond donors (Lipinski definition) is 2. The van der Waals surface area contributed by atoms with Crippen LogP contribution in [0.2, 0.25) is 0 Å². The van der Waals surface area contributed by atoms with Gasteiger partial charge in [-0.2, -0.15) is 0 Å². The molecule has 5 nitrogen and oxygen atoms in total. The summed E-state index contributed by atoms with van der Waals surface area (Å²) < 4.78 is 11.1. The molecule has 0 radical (unpaired) electrons. The molecule has 5 heteroatoms. The summed E-state index contributed by atoms with van der Waals surface area (Å²) in [5, 5.41) is 2.93. The third-order valence-electron chi connectivity index (χ3n) is 4.42. The first-order valence-electron chi connectivity index (χ1n) is 8.65. The number of ether oxygens (including phenoxy) is 2. The fraction of sp³-hybridized carbons (Fsp3) is 0.350. The molecule has 0 aliphatic carbocycles. The number of carbonyl (C=O) groups is 1. The van der Waals surface area contributed by atoms with E-state index in [9.17, 15) is 4.79 Å². The van der Waals surface area contributed by atoms with E-state index in [1.54, 1.807) is 0 Å². The highest BCUT2D eigenvalue weighted by molar-refractivity contribution is 5.81. The minimum atomic E-state index is -0.479. The van der Waals surface area contributed by atoms with E-state index in [2.05, 4.69) is 5.32 Å². The van der Waals surface area contributed by atoms with E-state index in [0.717, 1.165) is 29.9 Å². The molecule has 132 valence electrons. The van der Waals surface area contributed by atoms with Gasteiger partial charge in [-0.15, -0.1) is 0 Å². The maximum atomic E-state index is 12.3. The second kappa shape index (κ2) is 8.65. The third-order valence-corrected chi connectivity index (χ3v) is 4.42. The number of amides is 1.